The van der Waals surface area contributed by atoms with Gasteiger partial charge >= 0.3 is 0 Å². The van der Waals surface area contributed by atoms with Gasteiger partial charge in [-0.05, 0) is 50.9 Å². The summed E-state index contributed by atoms with van der Waals surface area (Å²) in [6.45, 7) is 7.03. The molecule has 1 fully saturated rings. The van der Waals surface area contributed by atoms with Crippen LogP contribution in [-0.4, -0.2) is 50.2 Å². The van der Waals surface area contributed by atoms with Crippen LogP contribution in [0.3, 0.4) is 0 Å². The molecule has 1 amide bonds. The average Bonchev–Trinajstić information content (AvgIpc) is 2.64. The molecule has 26 heavy (non-hydrogen) atoms. The highest BCUT2D eigenvalue weighted by Crippen LogP contribution is 2.43. The molecule has 8 heteroatoms. The third-order valence-corrected chi connectivity index (χ3v) is 5.16. The van der Waals surface area contributed by atoms with Crippen molar-refractivity contribution in [2.45, 2.75) is 26.2 Å². The van der Waals surface area contributed by atoms with E-state index in [4.69, 9.17) is 26.8 Å². The predicted molar refractivity (Wildman–Crippen MR) is 106 cm³/mol. The third-order valence-electron chi connectivity index (χ3n) is 4.84. The van der Waals surface area contributed by atoms with Crippen LogP contribution in [0.2, 0.25) is 5.02 Å². The Balaban J connectivity index is 0.00000243. The van der Waals surface area contributed by atoms with Gasteiger partial charge < -0.3 is 25.4 Å². The van der Waals surface area contributed by atoms with Gasteiger partial charge in [-0.1, -0.05) is 18.5 Å². The molecule has 2 aliphatic rings. The smallest absolute Gasteiger partial charge is 0.255 e. The Hall–Kier alpha value is -1.37. The van der Waals surface area contributed by atoms with E-state index in [-0.39, 0.29) is 18.3 Å². The molecule has 0 spiro atoms. The molecule has 0 atom stereocenters. The molecule has 0 unspecified atom stereocenters. The number of hydrogen-bond acceptors (Lipinski definition) is 5. The van der Waals surface area contributed by atoms with Crippen molar-refractivity contribution in [1.29, 1.82) is 0 Å². The second-order valence-corrected chi connectivity index (χ2v) is 7.08. The van der Waals surface area contributed by atoms with Crippen LogP contribution >= 0.6 is 24.0 Å². The number of nitrogens with two attached hydrogens (primary N) is 1. The van der Waals surface area contributed by atoms with Crippen molar-refractivity contribution >= 4 is 35.6 Å². The molecular weight excluding hydrogens is 377 g/mol. The number of rotatable bonds is 5. The molecule has 3 rings (SSSR count). The summed E-state index contributed by atoms with van der Waals surface area (Å²) in [4.78, 5) is 15.1. The number of halogens is 2. The van der Waals surface area contributed by atoms with E-state index in [1.54, 1.807) is 6.07 Å². The molecule has 2 heterocycles. The first-order valence-electron chi connectivity index (χ1n) is 8.98. The van der Waals surface area contributed by atoms with E-state index in [1.807, 2.05) is 0 Å². The summed E-state index contributed by atoms with van der Waals surface area (Å²) in [5, 5.41) is 3.33. The number of likely N-dealkylation sites (tertiary alicyclic amines) is 1. The van der Waals surface area contributed by atoms with Crippen molar-refractivity contribution in [2.75, 3.05) is 45.1 Å². The Morgan fingerprint density at radius 3 is 2.62 bits per heavy atom. The number of hydrogen-bond donors (Lipinski definition) is 2. The van der Waals surface area contributed by atoms with E-state index < -0.39 is 0 Å². The third kappa shape index (κ3) is 4.67. The Morgan fingerprint density at radius 2 is 1.96 bits per heavy atom. The largest absolute Gasteiger partial charge is 0.485 e. The highest BCUT2D eigenvalue weighted by atomic mass is 35.5. The van der Waals surface area contributed by atoms with Gasteiger partial charge in [0.2, 0.25) is 0 Å². The normalized spacial score (nSPS) is 17.5. The lowest BCUT2D eigenvalue weighted by molar-refractivity contribution is 0.0925. The van der Waals surface area contributed by atoms with Gasteiger partial charge in [-0.15, -0.1) is 12.4 Å². The van der Waals surface area contributed by atoms with Gasteiger partial charge in [0.05, 0.1) is 16.3 Å². The first-order chi connectivity index (χ1) is 12.1. The maximum atomic E-state index is 12.6. The van der Waals surface area contributed by atoms with Gasteiger partial charge in [-0.25, -0.2) is 0 Å². The number of benzene rings is 1. The minimum Gasteiger partial charge on any atom is -0.485 e. The molecule has 0 aromatic heterocycles. The fourth-order valence-corrected chi connectivity index (χ4v) is 3.62. The number of piperidine rings is 1. The highest BCUT2D eigenvalue weighted by molar-refractivity contribution is 6.34. The van der Waals surface area contributed by atoms with Gasteiger partial charge in [0, 0.05) is 6.54 Å². The van der Waals surface area contributed by atoms with Crippen LogP contribution in [-0.2, 0) is 0 Å². The SMILES string of the molecule is CCCN1CCC(CNC(=O)c2cc(Cl)c(N)c3c2OCCO3)CC1.Cl. The molecule has 0 saturated carbocycles. The van der Waals surface area contributed by atoms with Crippen molar-refractivity contribution in [2.24, 2.45) is 5.92 Å². The van der Waals surface area contributed by atoms with E-state index in [9.17, 15) is 4.79 Å². The van der Waals surface area contributed by atoms with E-state index in [0.717, 1.165) is 32.5 Å². The van der Waals surface area contributed by atoms with E-state index in [1.165, 1.54) is 6.42 Å². The molecule has 1 saturated heterocycles. The van der Waals surface area contributed by atoms with Crippen LogP contribution in [0, 0.1) is 5.92 Å². The van der Waals surface area contributed by atoms with Gasteiger partial charge in [-0.3, -0.25) is 4.79 Å². The summed E-state index contributed by atoms with van der Waals surface area (Å²) < 4.78 is 11.1. The number of carbonyl (C=O) groups excluding carboxylic acids is 1. The van der Waals surface area contributed by atoms with Gasteiger partial charge in [-0.2, -0.15) is 0 Å². The standard InChI is InChI=1S/C18H26ClN3O3.ClH/c1-2-5-22-6-3-12(4-7-22)11-21-18(23)13-10-14(19)15(20)17-16(13)24-8-9-25-17;/h10,12H,2-9,11,20H2,1H3,(H,21,23);1H. The zero-order valence-corrected chi connectivity index (χ0v) is 16.6. The number of nitrogens with one attached hydrogen (secondary N) is 1. The minimum atomic E-state index is -0.195. The van der Waals surface area contributed by atoms with Crippen molar-refractivity contribution < 1.29 is 14.3 Å². The summed E-state index contributed by atoms with van der Waals surface area (Å²) in [6, 6.07) is 1.56. The second-order valence-electron chi connectivity index (χ2n) is 6.67. The maximum absolute atomic E-state index is 12.6. The van der Waals surface area contributed by atoms with Crippen molar-refractivity contribution in [3.63, 3.8) is 0 Å². The fraction of sp³-hybridized carbons (Fsp3) is 0.611. The van der Waals surface area contributed by atoms with E-state index in [2.05, 4.69) is 17.1 Å². The first kappa shape index (κ1) is 20.9. The Kier molecular flexibility index (Phi) is 7.68. The van der Waals surface area contributed by atoms with E-state index in [0.29, 0.717) is 53.4 Å². The van der Waals surface area contributed by atoms with E-state index >= 15 is 0 Å². The quantitative estimate of drug-likeness (QED) is 0.738. The van der Waals surface area contributed by atoms with Gasteiger partial charge in [0.1, 0.15) is 13.2 Å². The molecule has 0 radical (unpaired) electrons. The predicted octanol–water partition coefficient (Wildman–Crippen LogP) is 2.97. The van der Waals surface area contributed by atoms with Gasteiger partial charge in [0.25, 0.3) is 5.91 Å². The average molecular weight is 404 g/mol. The molecule has 0 bridgehead atoms. The lowest BCUT2D eigenvalue weighted by Gasteiger charge is -2.31. The number of nitrogen functional groups attached to an aromatic ring is 1. The van der Waals surface area contributed by atoms with Crippen molar-refractivity contribution in [1.82, 2.24) is 10.2 Å². The minimum absolute atomic E-state index is 0. The molecule has 1 aromatic carbocycles. The number of carbonyl (C=O) groups is 1. The van der Waals surface area contributed by atoms with Crippen LogP contribution in [0.5, 0.6) is 11.5 Å². The summed E-state index contributed by atoms with van der Waals surface area (Å²) in [7, 11) is 0. The number of ether oxygens (including phenoxy) is 2. The van der Waals surface area contributed by atoms with Crippen LogP contribution in [0.1, 0.15) is 36.5 Å². The number of anilines is 1. The monoisotopic (exact) mass is 403 g/mol. The Bertz CT molecular complexity index is 635. The van der Waals surface area contributed by atoms with Crippen LogP contribution < -0.4 is 20.5 Å². The molecule has 6 nitrogen and oxygen atoms in total. The molecule has 2 aliphatic heterocycles. The van der Waals surface area contributed by atoms with Crippen molar-refractivity contribution in [3.8, 4) is 11.5 Å². The number of nitrogens with zero attached hydrogens (tertiary/aromatic N) is 1. The number of fused-ring (bicyclic) bond motifs is 1. The van der Waals surface area contributed by atoms with Crippen LogP contribution in [0.4, 0.5) is 5.69 Å². The molecule has 0 aliphatic carbocycles. The highest BCUT2D eigenvalue weighted by Gasteiger charge is 2.26. The molecule has 1 aromatic rings. The summed E-state index contributed by atoms with van der Waals surface area (Å²) in [5.41, 5.74) is 6.63. The van der Waals surface area contributed by atoms with Gasteiger partial charge in [0.15, 0.2) is 11.5 Å². The molecular formula is C18H27Cl2N3O3. The Morgan fingerprint density at radius 1 is 1.31 bits per heavy atom. The fourth-order valence-electron chi connectivity index (χ4n) is 3.43. The Labute approximate surface area is 165 Å². The van der Waals surface area contributed by atoms with Crippen LogP contribution in [0.15, 0.2) is 6.07 Å². The zero-order chi connectivity index (χ0) is 17.8. The zero-order valence-electron chi connectivity index (χ0n) is 15.1. The lowest BCUT2D eigenvalue weighted by atomic mass is 9.96. The van der Waals surface area contributed by atoms with Crippen molar-refractivity contribution in [3.05, 3.63) is 16.7 Å². The topological polar surface area (TPSA) is 76.8 Å². The number of amides is 1. The lowest BCUT2D eigenvalue weighted by Crippen LogP contribution is -2.39. The maximum Gasteiger partial charge on any atom is 0.255 e. The molecule has 146 valence electrons. The first-order valence-corrected chi connectivity index (χ1v) is 9.36. The summed E-state index contributed by atoms with van der Waals surface area (Å²) in [6.07, 6.45) is 3.41. The molecule has 3 N–H and O–H groups in total. The summed E-state index contributed by atoms with van der Waals surface area (Å²) >= 11 is 6.14. The van der Waals surface area contributed by atoms with Crippen LogP contribution in [0.25, 0.3) is 0 Å². The summed E-state index contributed by atoms with van der Waals surface area (Å²) in [5.74, 6) is 1.08. The second kappa shape index (κ2) is 9.53.